The predicted octanol–water partition coefficient (Wildman–Crippen LogP) is 2.60. The van der Waals surface area contributed by atoms with Gasteiger partial charge in [0.05, 0.1) is 25.0 Å². The van der Waals surface area contributed by atoms with Gasteiger partial charge in [-0.15, -0.1) is 0 Å². The van der Waals surface area contributed by atoms with Gasteiger partial charge in [0.25, 0.3) is 0 Å². The first kappa shape index (κ1) is 12.5. The maximum Gasteiger partial charge on any atom is 0.119 e. The molecule has 1 heterocycles. The molecule has 1 aromatic heterocycles. The Labute approximate surface area is 108 Å². The smallest absolute Gasteiger partial charge is 0.119 e. The van der Waals surface area contributed by atoms with E-state index in [4.69, 9.17) is 4.74 Å². The number of rotatable bonds is 5. The van der Waals surface area contributed by atoms with Crippen molar-refractivity contribution in [3.63, 3.8) is 0 Å². The standard InChI is InChI=1S/C14H19N3O/c1-4-11-9-13(17(2)16-11)10-15-12-5-7-14(18-3)8-6-12/h5-9,15H,4,10H2,1-3H3. The van der Waals surface area contributed by atoms with Crippen LogP contribution in [0.3, 0.4) is 0 Å². The van der Waals surface area contributed by atoms with E-state index in [-0.39, 0.29) is 0 Å². The van der Waals surface area contributed by atoms with Crippen molar-refractivity contribution < 1.29 is 4.74 Å². The van der Waals surface area contributed by atoms with Crippen LogP contribution in [0.2, 0.25) is 0 Å². The molecule has 0 aliphatic carbocycles. The van der Waals surface area contributed by atoms with Crippen molar-refractivity contribution in [2.45, 2.75) is 19.9 Å². The number of ether oxygens (including phenoxy) is 1. The maximum absolute atomic E-state index is 5.13. The van der Waals surface area contributed by atoms with E-state index in [1.807, 2.05) is 36.0 Å². The quantitative estimate of drug-likeness (QED) is 0.880. The number of aryl methyl sites for hydroxylation is 2. The normalized spacial score (nSPS) is 10.4. The summed E-state index contributed by atoms with van der Waals surface area (Å²) in [6, 6.07) is 10.1. The van der Waals surface area contributed by atoms with Crippen LogP contribution in [-0.4, -0.2) is 16.9 Å². The summed E-state index contributed by atoms with van der Waals surface area (Å²) in [5.41, 5.74) is 3.39. The van der Waals surface area contributed by atoms with E-state index < -0.39 is 0 Å². The highest BCUT2D eigenvalue weighted by Gasteiger charge is 2.03. The van der Waals surface area contributed by atoms with Crippen LogP contribution in [0.5, 0.6) is 5.75 Å². The van der Waals surface area contributed by atoms with Gasteiger partial charge in [0.15, 0.2) is 0 Å². The van der Waals surface area contributed by atoms with Crippen LogP contribution < -0.4 is 10.1 Å². The number of nitrogens with one attached hydrogen (secondary N) is 1. The van der Waals surface area contributed by atoms with Crippen molar-refractivity contribution in [2.24, 2.45) is 7.05 Å². The lowest BCUT2D eigenvalue weighted by Crippen LogP contribution is -2.05. The number of methoxy groups -OCH3 is 1. The number of benzene rings is 1. The van der Waals surface area contributed by atoms with Crippen molar-refractivity contribution in [2.75, 3.05) is 12.4 Å². The first-order valence-electron chi connectivity index (χ1n) is 6.12. The second-order valence-corrected chi connectivity index (χ2v) is 4.19. The lowest BCUT2D eigenvalue weighted by molar-refractivity contribution is 0.415. The molecule has 0 saturated heterocycles. The maximum atomic E-state index is 5.13. The zero-order valence-corrected chi connectivity index (χ0v) is 11.1. The fraction of sp³-hybridized carbons (Fsp3) is 0.357. The van der Waals surface area contributed by atoms with Gasteiger partial charge in [0, 0.05) is 12.7 Å². The Hall–Kier alpha value is -1.97. The highest BCUT2D eigenvalue weighted by molar-refractivity contribution is 5.46. The fourth-order valence-electron chi connectivity index (χ4n) is 1.81. The fourth-order valence-corrected chi connectivity index (χ4v) is 1.81. The van der Waals surface area contributed by atoms with E-state index in [0.29, 0.717) is 0 Å². The zero-order chi connectivity index (χ0) is 13.0. The lowest BCUT2D eigenvalue weighted by Gasteiger charge is -2.07. The molecule has 1 aromatic carbocycles. The monoisotopic (exact) mass is 245 g/mol. The highest BCUT2D eigenvalue weighted by atomic mass is 16.5. The first-order valence-corrected chi connectivity index (χ1v) is 6.12. The first-order chi connectivity index (χ1) is 8.72. The molecule has 2 aromatic rings. The topological polar surface area (TPSA) is 39.1 Å². The largest absolute Gasteiger partial charge is 0.497 e. The Morgan fingerprint density at radius 3 is 2.56 bits per heavy atom. The molecule has 0 aliphatic heterocycles. The number of hydrogen-bond acceptors (Lipinski definition) is 3. The van der Waals surface area contributed by atoms with Crippen molar-refractivity contribution in [1.82, 2.24) is 9.78 Å². The molecule has 0 spiro atoms. The number of aromatic nitrogens is 2. The Bertz CT molecular complexity index is 502. The lowest BCUT2D eigenvalue weighted by atomic mass is 10.2. The van der Waals surface area contributed by atoms with E-state index in [1.165, 1.54) is 5.69 Å². The van der Waals surface area contributed by atoms with Crippen molar-refractivity contribution in [3.8, 4) is 5.75 Å². The Kier molecular flexibility index (Phi) is 3.87. The van der Waals surface area contributed by atoms with Gasteiger partial charge < -0.3 is 10.1 Å². The molecule has 0 atom stereocenters. The molecular formula is C14H19N3O. The molecule has 2 rings (SSSR count). The van der Waals surface area contributed by atoms with Crippen molar-refractivity contribution in [1.29, 1.82) is 0 Å². The summed E-state index contributed by atoms with van der Waals surface area (Å²) in [5.74, 6) is 0.870. The Morgan fingerprint density at radius 1 is 1.28 bits per heavy atom. The van der Waals surface area contributed by atoms with Crippen LogP contribution >= 0.6 is 0 Å². The molecule has 1 N–H and O–H groups in total. The van der Waals surface area contributed by atoms with Crippen molar-refractivity contribution in [3.05, 3.63) is 41.7 Å². The third kappa shape index (κ3) is 2.83. The van der Waals surface area contributed by atoms with Gasteiger partial charge in [-0.3, -0.25) is 4.68 Å². The molecular weight excluding hydrogens is 226 g/mol. The van der Waals surface area contributed by atoms with E-state index >= 15 is 0 Å². The van der Waals surface area contributed by atoms with Crippen LogP contribution in [-0.2, 0) is 20.0 Å². The third-order valence-corrected chi connectivity index (χ3v) is 2.95. The number of anilines is 1. The van der Waals surface area contributed by atoms with E-state index in [9.17, 15) is 0 Å². The van der Waals surface area contributed by atoms with Crippen molar-refractivity contribution >= 4 is 5.69 Å². The summed E-state index contributed by atoms with van der Waals surface area (Å²) < 4.78 is 7.05. The molecule has 0 radical (unpaired) electrons. The summed E-state index contributed by atoms with van der Waals surface area (Å²) in [5, 5.41) is 7.80. The average molecular weight is 245 g/mol. The summed E-state index contributed by atoms with van der Waals surface area (Å²) in [6.07, 6.45) is 0.969. The van der Waals surface area contributed by atoms with E-state index in [2.05, 4.69) is 23.4 Å². The van der Waals surface area contributed by atoms with Crippen LogP contribution in [0, 0.1) is 0 Å². The Balaban J connectivity index is 1.99. The third-order valence-electron chi connectivity index (χ3n) is 2.95. The van der Waals surface area contributed by atoms with Gasteiger partial charge in [-0.05, 0) is 36.8 Å². The molecule has 0 bridgehead atoms. The second-order valence-electron chi connectivity index (χ2n) is 4.19. The van der Waals surface area contributed by atoms with Gasteiger partial charge in [0.1, 0.15) is 5.75 Å². The second kappa shape index (κ2) is 5.58. The zero-order valence-electron chi connectivity index (χ0n) is 11.1. The van der Waals surface area contributed by atoms with Crippen LogP contribution in [0.25, 0.3) is 0 Å². The molecule has 0 unspecified atom stereocenters. The molecule has 96 valence electrons. The number of hydrogen-bond donors (Lipinski definition) is 1. The van der Waals surface area contributed by atoms with E-state index in [1.54, 1.807) is 7.11 Å². The van der Waals surface area contributed by atoms with Gasteiger partial charge in [-0.1, -0.05) is 6.92 Å². The SMILES string of the molecule is CCc1cc(CNc2ccc(OC)cc2)n(C)n1. The Morgan fingerprint density at radius 2 is 2.00 bits per heavy atom. The minimum absolute atomic E-state index is 0.774. The minimum Gasteiger partial charge on any atom is -0.497 e. The minimum atomic E-state index is 0.774. The summed E-state index contributed by atoms with van der Waals surface area (Å²) in [4.78, 5) is 0. The summed E-state index contributed by atoms with van der Waals surface area (Å²) in [7, 11) is 3.65. The molecule has 0 fully saturated rings. The van der Waals surface area contributed by atoms with E-state index in [0.717, 1.165) is 30.1 Å². The van der Waals surface area contributed by atoms with Crippen LogP contribution in [0.15, 0.2) is 30.3 Å². The van der Waals surface area contributed by atoms with Gasteiger partial charge in [-0.2, -0.15) is 5.10 Å². The summed E-state index contributed by atoms with van der Waals surface area (Å²) >= 11 is 0. The van der Waals surface area contributed by atoms with Gasteiger partial charge in [0.2, 0.25) is 0 Å². The average Bonchev–Trinajstić information content (AvgIpc) is 2.77. The number of nitrogens with zero attached hydrogens (tertiary/aromatic N) is 2. The van der Waals surface area contributed by atoms with Crippen LogP contribution in [0.4, 0.5) is 5.69 Å². The molecule has 4 heteroatoms. The van der Waals surface area contributed by atoms with Gasteiger partial charge >= 0.3 is 0 Å². The summed E-state index contributed by atoms with van der Waals surface area (Å²) in [6.45, 7) is 2.89. The molecule has 4 nitrogen and oxygen atoms in total. The highest BCUT2D eigenvalue weighted by Crippen LogP contribution is 2.16. The van der Waals surface area contributed by atoms with Gasteiger partial charge in [-0.25, -0.2) is 0 Å². The molecule has 0 amide bonds. The van der Waals surface area contributed by atoms with Crippen LogP contribution in [0.1, 0.15) is 18.3 Å². The predicted molar refractivity (Wildman–Crippen MR) is 72.9 cm³/mol. The molecule has 18 heavy (non-hydrogen) atoms. The molecule has 0 aliphatic rings. The molecule has 0 saturated carbocycles.